The molecule has 4 nitrogen and oxygen atoms in total. The normalized spacial score (nSPS) is 15.3. The Bertz CT molecular complexity index is 927. The molecule has 2 N–H and O–H groups in total. The molecule has 4 rings (SSSR count). The van der Waals surface area contributed by atoms with Crippen LogP contribution in [0.25, 0.3) is 5.52 Å². The van der Waals surface area contributed by atoms with E-state index in [0.717, 1.165) is 15.7 Å². The monoisotopic (exact) mass is 388 g/mol. The first kappa shape index (κ1) is 14.7. The van der Waals surface area contributed by atoms with E-state index in [1.807, 2.05) is 30.5 Å². The highest BCUT2D eigenvalue weighted by atomic mass is 79.9. The van der Waals surface area contributed by atoms with Crippen molar-refractivity contribution in [1.29, 1.82) is 0 Å². The molecule has 0 bridgehead atoms. The molecule has 1 aromatic carbocycles. The third-order valence-corrected chi connectivity index (χ3v) is 4.84. The molecule has 23 heavy (non-hydrogen) atoms. The second-order valence-electron chi connectivity index (χ2n) is 5.69. The number of nitrogens with zero attached hydrogens (tertiary/aromatic N) is 3. The molecule has 1 fully saturated rings. The van der Waals surface area contributed by atoms with Crippen molar-refractivity contribution in [2.24, 2.45) is 10.7 Å². The summed E-state index contributed by atoms with van der Waals surface area (Å²) in [6.07, 6.45) is 5.94. The van der Waals surface area contributed by atoms with E-state index in [9.17, 15) is 0 Å². The van der Waals surface area contributed by atoms with Crippen molar-refractivity contribution in [3.8, 4) is 0 Å². The zero-order valence-corrected chi connectivity index (χ0v) is 14.5. The van der Waals surface area contributed by atoms with Crippen LogP contribution in [0.3, 0.4) is 0 Å². The Morgan fingerprint density at radius 2 is 2.13 bits per heavy atom. The molecule has 2 aromatic heterocycles. The third-order valence-electron chi connectivity index (χ3n) is 4.01. The van der Waals surface area contributed by atoms with E-state index < -0.39 is 0 Å². The van der Waals surface area contributed by atoms with Crippen LogP contribution in [-0.2, 0) is 0 Å². The molecule has 1 saturated carbocycles. The lowest BCUT2D eigenvalue weighted by molar-refractivity contribution is 0.937. The Morgan fingerprint density at radius 1 is 1.35 bits per heavy atom. The first-order valence-corrected chi connectivity index (χ1v) is 8.56. The van der Waals surface area contributed by atoms with Crippen molar-refractivity contribution >= 4 is 44.6 Å². The zero-order valence-electron chi connectivity index (χ0n) is 12.2. The van der Waals surface area contributed by atoms with Gasteiger partial charge in [-0.25, -0.2) is 9.51 Å². The zero-order chi connectivity index (χ0) is 16.0. The van der Waals surface area contributed by atoms with Gasteiger partial charge in [-0.2, -0.15) is 5.10 Å². The van der Waals surface area contributed by atoms with E-state index in [1.165, 1.54) is 18.4 Å². The van der Waals surface area contributed by atoms with Crippen molar-refractivity contribution in [2.45, 2.75) is 18.8 Å². The van der Waals surface area contributed by atoms with E-state index in [4.69, 9.17) is 17.3 Å². The van der Waals surface area contributed by atoms with Crippen LogP contribution >= 0.6 is 27.5 Å². The third kappa shape index (κ3) is 2.75. The number of halogens is 2. The van der Waals surface area contributed by atoms with Gasteiger partial charge in [0.2, 0.25) is 0 Å². The number of amidine groups is 1. The predicted octanol–water partition coefficient (Wildman–Crippen LogP) is 4.66. The Balaban J connectivity index is 1.79. The molecule has 1 aliphatic carbocycles. The summed E-state index contributed by atoms with van der Waals surface area (Å²) >= 11 is 9.91. The van der Waals surface area contributed by atoms with Crippen LogP contribution in [0.4, 0.5) is 5.69 Å². The number of benzene rings is 1. The summed E-state index contributed by atoms with van der Waals surface area (Å²) in [6.45, 7) is 0. The summed E-state index contributed by atoms with van der Waals surface area (Å²) in [7, 11) is 0. The lowest BCUT2D eigenvalue weighted by Gasteiger charge is -2.08. The fraction of sp³-hybridized carbons (Fsp3) is 0.176. The lowest BCUT2D eigenvalue weighted by Crippen LogP contribution is -2.15. The Morgan fingerprint density at radius 3 is 2.91 bits per heavy atom. The number of hydrogen-bond acceptors (Lipinski definition) is 2. The molecule has 2 heterocycles. The largest absolute Gasteiger partial charge is 0.383 e. The molecule has 0 aliphatic heterocycles. The van der Waals surface area contributed by atoms with Gasteiger partial charge in [-0.3, -0.25) is 0 Å². The minimum absolute atomic E-state index is 0.385. The molecule has 0 spiro atoms. The van der Waals surface area contributed by atoms with Gasteiger partial charge in [-0.15, -0.1) is 0 Å². The predicted molar refractivity (Wildman–Crippen MR) is 96.7 cm³/mol. The van der Waals surface area contributed by atoms with Crippen molar-refractivity contribution in [2.75, 3.05) is 0 Å². The molecule has 0 unspecified atom stereocenters. The molecule has 0 radical (unpaired) electrons. The first-order valence-electron chi connectivity index (χ1n) is 7.39. The molecule has 0 amide bonds. The summed E-state index contributed by atoms with van der Waals surface area (Å²) in [4.78, 5) is 4.61. The second kappa shape index (κ2) is 5.65. The maximum absolute atomic E-state index is 6.49. The molecule has 1 aliphatic rings. The van der Waals surface area contributed by atoms with Gasteiger partial charge in [-0.1, -0.05) is 29.8 Å². The highest BCUT2D eigenvalue weighted by molar-refractivity contribution is 9.10. The number of fused-ring (bicyclic) bond motifs is 1. The standard InChI is InChI=1S/C17H14BrClN4/c18-11-7-15-16(19)13(8-21-23(15)9-11)17(20)22-14-4-2-1-3-12(14)10-5-6-10/h1-4,7-10H,5-6H2,(H2,20,22). The molecular weight excluding hydrogens is 376 g/mol. The average molecular weight is 390 g/mol. The summed E-state index contributed by atoms with van der Waals surface area (Å²) in [5.74, 6) is 0.996. The Hall–Kier alpha value is -1.85. The number of rotatable bonds is 3. The van der Waals surface area contributed by atoms with Crippen LogP contribution in [0.2, 0.25) is 5.02 Å². The first-order chi connectivity index (χ1) is 11.1. The highest BCUT2D eigenvalue weighted by Gasteiger charge is 2.25. The lowest BCUT2D eigenvalue weighted by atomic mass is 10.1. The average Bonchev–Trinajstić information content (AvgIpc) is 3.30. The van der Waals surface area contributed by atoms with Crippen LogP contribution in [0.5, 0.6) is 0 Å². The van der Waals surface area contributed by atoms with Crippen molar-refractivity contribution in [1.82, 2.24) is 9.61 Å². The van der Waals surface area contributed by atoms with E-state index in [1.54, 1.807) is 10.7 Å². The molecular formula is C17H14BrClN4. The summed E-state index contributed by atoms with van der Waals surface area (Å²) in [5, 5.41) is 4.89. The molecule has 6 heteroatoms. The van der Waals surface area contributed by atoms with Crippen LogP contribution in [0, 0.1) is 0 Å². The van der Waals surface area contributed by atoms with Gasteiger partial charge in [-0.05, 0) is 52.4 Å². The maximum Gasteiger partial charge on any atom is 0.134 e. The fourth-order valence-electron chi connectivity index (χ4n) is 2.69. The number of hydrogen-bond donors (Lipinski definition) is 1. The van der Waals surface area contributed by atoms with E-state index in [-0.39, 0.29) is 0 Å². The van der Waals surface area contributed by atoms with Crippen LogP contribution in [0.1, 0.15) is 29.9 Å². The second-order valence-corrected chi connectivity index (χ2v) is 6.98. The summed E-state index contributed by atoms with van der Waals surface area (Å²) in [6, 6.07) is 10.0. The summed E-state index contributed by atoms with van der Waals surface area (Å²) in [5.41, 5.74) is 9.84. The van der Waals surface area contributed by atoms with Crippen molar-refractivity contribution in [3.05, 3.63) is 63.3 Å². The van der Waals surface area contributed by atoms with E-state index >= 15 is 0 Å². The van der Waals surface area contributed by atoms with Gasteiger partial charge in [0.25, 0.3) is 0 Å². The van der Waals surface area contributed by atoms with Crippen LogP contribution in [-0.4, -0.2) is 15.4 Å². The number of nitrogens with two attached hydrogens (primary N) is 1. The maximum atomic E-state index is 6.49. The van der Waals surface area contributed by atoms with E-state index in [2.05, 4.69) is 32.1 Å². The van der Waals surface area contributed by atoms with Crippen LogP contribution < -0.4 is 5.73 Å². The minimum atomic E-state index is 0.385. The molecule has 0 atom stereocenters. The fourth-order valence-corrected chi connectivity index (χ4v) is 3.39. The summed E-state index contributed by atoms with van der Waals surface area (Å²) < 4.78 is 2.63. The van der Waals surface area contributed by atoms with Gasteiger partial charge in [0.05, 0.1) is 28.0 Å². The number of aliphatic imine (C=N–C) groups is 1. The Kier molecular flexibility index (Phi) is 3.62. The van der Waals surface area contributed by atoms with Crippen LogP contribution in [0.15, 0.2) is 52.2 Å². The van der Waals surface area contributed by atoms with Crippen molar-refractivity contribution < 1.29 is 0 Å². The molecule has 0 saturated heterocycles. The van der Waals surface area contributed by atoms with Gasteiger partial charge in [0.1, 0.15) is 5.84 Å². The Labute approximate surface area is 147 Å². The van der Waals surface area contributed by atoms with Gasteiger partial charge >= 0.3 is 0 Å². The SMILES string of the molecule is N/C(=N\c1ccccc1C1CC1)c1cnn2cc(Br)cc2c1Cl. The molecule has 116 valence electrons. The molecule has 3 aromatic rings. The minimum Gasteiger partial charge on any atom is -0.383 e. The number of para-hydroxylation sites is 1. The highest BCUT2D eigenvalue weighted by Crippen LogP contribution is 2.44. The topological polar surface area (TPSA) is 55.7 Å². The quantitative estimate of drug-likeness (QED) is 0.523. The number of aromatic nitrogens is 2. The van der Waals surface area contributed by atoms with Gasteiger partial charge in [0.15, 0.2) is 0 Å². The van der Waals surface area contributed by atoms with E-state index in [0.29, 0.717) is 22.3 Å². The smallest absolute Gasteiger partial charge is 0.134 e. The van der Waals surface area contributed by atoms with Gasteiger partial charge in [0, 0.05) is 10.7 Å². The van der Waals surface area contributed by atoms with Gasteiger partial charge < -0.3 is 5.73 Å². The van der Waals surface area contributed by atoms with Crippen molar-refractivity contribution in [3.63, 3.8) is 0 Å².